The van der Waals surface area contributed by atoms with E-state index in [9.17, 15) is 4.79 Å². The SMILES string of the molecule is COc1ccc(C)cc1-c1cc(Cl)c2c(c1COC(=O)c1ccc(C)s1)C(C)=CC(C)(C)N2. The van der Waals surface area contributed by atoms with Gasteiger partial charge >= 0.3 is 5.97 Å². The molecule has 0 aliphatic carbocycles. The molecule has 4 rings (SSSR count). The Morgan fingerprint density at radius 2 is 1.85 bits per heavy atom. The van der Waals surface area contributed by atoms with Gasteiger partial charge in [-0.3, -0.25) is 0 Å². The lowest BCUT2D eigenvalue weighted by Crippen LogP contribution is -2.32. The van der Waals surface area contributed by atoms with E-state index < -0.39 is 0 Å². The molecule has 1 aliphatic heterocycles. The van der Waals surface area contributed by atoms with Gasteiger partial charge in [0.25, 0.3) is 0 Å². The number of carbonyl (C=O) groups excluding carboxylic acids is 1. The van der Waals surface area contributed by atoms with Crippen molar-refractivity contribution in [2.24, 2.45) is 0 Å². The molecule has 2 heterocycles. The number of benzene rings is 2. The number of nitrogens with one attached hydrogen (secondary N) is 1. The van der Waals surface area contributed by atoms with Gasteiger partial charge in [0.1, 0.15) is 17.2 Å². The Morgan fingerprint density at radius 1 is 1.09 bits per heavy atom. The van der Waals surface area contributed by atoms with Crippen molar-refractivity contribution >= 4 is 40.2 Å². The molecule has 0 saturated carbocycles. The van der Waals surface area contributed by atoms with Crippen LogP contribution >= 0.6 is 22.9 Å². The maximum atomic E-state index is 12.8. The Labute approximate surface area is 204 Å². The molecule has 0 spiro atoms. The van der Waals surface area contributed by atoms with Crippen LogP contribution in [0.4, 0.5) is 5.69 Å². The summed E-state index contributed by atoms with van der Waals surface area (Å²) in [5.41, 5.74) is 6.47. The second kappa shape index (κ2) is 8.88. The lowest BCUT2D eigenvalue weighted by molar-refractivity contribution is 0.0479. The van der Waals surface area contributed by atoms with Gasteiger partial charge < -0.3 is 14.8 Å². The zero-order valence-corrected chi connectivity index (χ0v) is 21.3. The lowest BCUT2D eigenvalue weighted by atomic mass is 9.85. The van der Waals surface area contributed by atoms with Crippen LogP contribution in [0.5, 0.6) is 5.75 Å². The Bertz CT molecular complexity index is 1270. The molecule has 1 N–H and O–H groups in total. The predicted octanol–water partition coefficient (Wildman–Crippen LogP) is 7.66. The third kappa shape index (κ3) is 4.66. The number of rotatable bonds is 5. The number of halogens is 1. The number of anilines is 1. The maximum absolute atomic E-state index is 12.8. The molecule has 2 aromatic carbocycles. The largest absolute Gasteiger partial charge is 0.496 e. The molecule has 4 nitrogen and oxygen atoms in total. The summed E-state index contributed by atoms with van der Waals surface area (Å²) in [6.45, 7) is 10.4. The van der Waals surface area contributed by atoms with Gasteiger partial charge in [-0.15, -0.1) is 11.3 Å². The highest BCUT2D eigenvalue weighted by Crippen LogP contribution is 2.46. The summed E-state index contributed by atoms with van der Waals surface area (Å²) in [4.78, 5) is 14.4. The smallest absolute Gasteiger partial charge is 0.348 e. The molecule has 0 fully saturated rings. The predicted molar refractivity (Wildman–Crippen MR) is 138 cm³/mol. The van der Waals surface area contributed by atoms with Crippen molar-refractivity contribution in [3.05, 3.63) is 73.9 Å². The third-order valence-corrected chi connectivity index (χ3v) is 7.02. The first-order chi connectivity index (χ1) is 15.6. The van der Waals surface area contributed by atoms with E-state index in [1.165, 1.54) is 11.3 Å². The number of fused-ring (bicyclic) bond motifs is 1. The highest BCUT2D eigenvalue weighted by atomic mass is 35.5. The van der Waals surface area contributed by atoms with Crippen LogP contribution < -0.4 is 10.1 Å². The normalized spacial score (nSPS) is 14.2. The number of hydrogen-bond acceptors (Lipinski definition) is 5. The summed E-state index contributed by atoms with van der Waals surface area (Å²) in [5, 5.41) is 4.16. The molecule has 0 radical (unpaired) electrons. The van der Waals surface area contributed by atoms with Gasteiger partial charge in [0, 0.05) is 21.6 Å². The second-order valence-corrected chi connectivity index (χ2v) is 10.7. The molecule has 0 atom stereocenters. The fourth-order valence-corrected chi connectivity index (χ4v) is 5.41. The number of allylic oxidation sites excluding steroid dienone is 1. The molecule has 1 aliphatic rings. The first-order valence-corrected chi connectivity index (χ1v) is 12.0. The van der Waals surface area contributed by atoms with Crippen molar-refractivity contribution in [3.63, 3.8) is 0 Å². The van der Waals surface area contributed by atoms with E-state index in [0.717, 1.165) is 49.7 Å². The van der Waals surface area contributed by atoms with E-state index in [1.54, 1.807) is 13.2 Å². The van der Waals surface area contributed by atoms with Crippen LogP contribution in [-0.2, 0) is 11.3 Å². The van der Waals surface area contributed by atoms with Crippen LogP contribution in [0.2, 0.25) is 5.02 Å². The van der Waals surface area contributed by atoms with Crippen LogP contribution in [0.25, 0.3) is 16.7 Å². The molecule has 33 heavy (non-hydrogen) atoms. The van der Waals surface area contributed by atoms with Crippen LogP contribution in [0.15, 0.2) is 42.5 Å². The fraction of sp³-hybridized carbons (Fsp3) is 0.296. The maximum Gasteiger partial charge on any atom is 0.348 e. The molecule has 172 valence electrons. The van der Waals surface area contributed by atoms with Crippen molar-refractivity contribution in [1.82, 2.24) is 0 Å². The first kappa shape index (κ1) is 23.4. The Hall–Kier alpha value is -2.76. The highest BCUT2D eigenvalue weighted by molar-refractivity contribution is 7.13. The lowest BCUT2D eigenvalue weighted by Gasteiger charge is -2.34. The monoisotopic (exact) mass is 481 g/mol. The minimum absolute atomic E-state index is 0.120. The van der Waals surface area contributed by atoms with Crippen molar-refractivity contribution in [2.45, 2.75) is 46.8 Å². The van der Waals surface area contributed by atoms with Gasteiger partial charge in [-0.25, -0.2) is 4.79 Å². The molecule has 3 aromatic rings. The van der Waals surface area contributed by atoms with Gasteiger partial charge in [0.15, 0.2) is 0 Å². The minimum atomic E-state index is -0.329. The molecule has 0 bridgehead atoms. The van der Waals surface area contributed by atoms with Crippen LogP contribution in [0.3, 0.4) is 0 Å². The number of carbonyl (C=O) groups is 1. The van der Waals surface area contributed by atoms with Crippen LogP contribution in [0, 0.1) is 13.8 Å². The van der Waals surface area contributed by atoms with Crippen molar-refractivity contribution in [1.29, 1.82) is 0 Å². The Kier molecular flexibility index (Phi) is 6.30. The van der Waals surface area contributed by atoms with Gasteiger partial charge in [0.2, 0.25) is 0 Å². The molecule has 0 saturated heterocycles. The van der Waals surface area contributed by atoms with Crippen molar-refractivity contribution in [2.75, 3.05) is 12.4 Å². The van der Waals surface area contributed by atoms with E-state index in [0.29, 0.717) is 9.90 Å². The summed E-state index contributed by atoms with van der Waals surface area (Å²) in [7, 11) is 1.65. The standard InChI is InChI=1S/C27H28ClNO3S/c1-15-7-9-22(31-6)19(11-15)18-12-21(28)25-24(16(2)13-27(4,5)29-25)20(18)14-32-26(30)23-10-8-17(3)33-23/h7-13,29H,14H2,1-6H3. The van der Waals surface area contributed by atoms with E-state index >= 15 is 0 Å². The minimum Gasteiger partial charge on any atom is -0.496 e. The van der Waals surface area contributed by atoms with Gasteiger partial charge in [-0.05, 0) is 76.1 Å². The van der Waals surface area contributed by atoms with Crippen LogP contribution in [-0.4, -0.2) is 18.6 Å². The van der Waals surface area contributed by atoms with Crippen molar-refractivity contribution in [3.8, 4) is 16.9 Å². The molecular formula is C27H28ClNO3S. The average molecular weight is 482 g/mol. The molecular weight excluding hydrogens is 454 g/mol. The van der Waals surface area contributed by atoms with E-state index in [1.807, 2.05) is 38.1 Å². The Morgan fingerprint density at radius 3 is 2.52 bits per heavy atom. The fourth-order valence-electron chi connectivity index (χ4n) is 4.40. The second-order valence-electron chi connectivity index (χ2n) is 9.00. The number of aryl methyl sites for hydroxylation is 2. The van der Waals surface area contributed by atoms with Gasteiger partial charge in [-0.2, -0.15) is 0 Å². The zero-order valence-electron chi connectivity index (χ0n) is 19.8. The summed E-state index contributed by atoms with van der Waals surface area (Å²) >= 11 is 8.25. The van der Waals surface area contributed by atoms with Gasteiger partial charge in [0.05, 0.1) is 23.4 Å². The Balaban J connectivity index is 1.88. The van der Waals surface area contributed by atoms with E-state index in [2.05, 4.69) is 38.2 Å². The van der Waals surface area contributed by atoms with Gasteiger partial charge in [-0.1, -0.05) is 29.3 Å². The average Bonchev–Trinajstić information content (AvgIpc) is 3.18. The summed E-state index contributed by atoms with van der Waals surface area (Å²) in [6.07, 6.45) is 2.18. The quantitative estimate of drug-likeness (QED) is 0.380. The van der Waals surface area contributed by atoms with Crippen LogP contribution in [0.1, 0.15) is 52.0 Å². The molecule has 0 amide bonds. The van der Waals surface area contributed by atoms with E-state index in [-0.39, 0.29) is 18.1 Å². The zero-order chi connectivity index (χ0) is 23.9. The molecule has 1 aromatic heterocycles. The number of ether oxygens (including phenoxy) is 2. The number of hydrogen-bond donors (Lipinski definition) is 1. The number of esters is 1. The third-order valence-electron chi connectivity index (χ3n) is 5.74. The summed E-state index contributed by atoms with van der Waals surface area (Å²) < 4.78 is 11.5. The molecule has 0 unspecified atom stereocenters. The summed E-state index contributed by atoms with van der Waals surface area (Å²) in [5.74, 6) is 0.411. The number of methoxy groups -OCH3 is 1. The summed E-state index contributed by atoms with van der Waals surface area (Å²) in [6, 6.07) is 11.7. The van der Waals surface area contributed by atoms with Crippen molar-refractivity contribution < 1.29 is 14.3 Å². The first-order valence-electron chi connectivity index (χ1n) is 10.8. The highest BCUT2D eigenvalue weighted by Gasteiger charge is 2.29. The molecule has 6 heteroatoms. The number of thiophene rings is 1. The van der Waals surface area contributed by atoms with E-state index in [4.69, 9.17) is 21.1 Å². The topological polar surface area (TPSA) is 47.6 Å².